The molecule has 110 valence electrons. The lowest BCUT2D eigenvalue weighted by Crippen LogP contribution is -2.14. The van der Waals surface area contributed by atoms with Crippen molar-refractivity contribution < 1.29 is 9.90 Å². The van der Waals surface area contributed by atoms with E-state index in [2.05, 4.69) is 17.2 Å². The second-order valence-electron chi connectivity index (χ2n) is 5.21. The predicted octanol–water partition coefficient (Wildman–Crippen LogP) is 2.87. The van der Waals surface area contributed by atoms with Crippen molar-refractivity contribution in [2.75, 3.05) is 0 Å². The molecule has 0 amide bonds. The van der Waals surface area contributed by atoms with E-state index >= 15 is 0 Å². The van der Waals surface area contributed by atoms with Gasteiger partial charge in [0.15, 0.2) is 0 Å². The van der Waals surface area contributed by atoms with Gasteiger partial charge in [-0.25, -0.2) is 0 Å². The molecular formula is C17H20N2O2. The van der Waals surface area contributed by atoms with Crippen molar-refractivity contribution in [1.82, 2.24) is 10.3 Å². The molecule has 21 heavy (non-hydrogen) atoms. The number of hydrogen-bond donors (Lipinski definition) is 2. The van der Waals surface area contributed by atoms with Crippen molar-refractivity contribution in [3.63, 3.8) is 0 Å². The Hall–Kier alpha value is -2.20. The zero-order valence-corrected chi connectivity index (χ0v) is 12.3. The fraction of sp³-hybridized carbons (Fsp3) is 0.294. The highest BCUT2D eigenvalue weighted by Gasteiger charge is 2.12. The first-order chi connectivity index (χ1) is 10.1. The fourth-order valence-corrected chi connectivity index (χ4v) is 2.09. The van der Waals surface area contributed by atoms with Gasteiger partial charge in [0, 0.05) is 25.5 Å². The summed E-state index contributed by atoms with van der Waals surface area (Å²) < 4.78 is 0. The summed E-state index contributed by atoms with van der Waals surface area (Å²) in [6, 6.07) is 9.70. The van der Waals surface area contributed by atoms with Crippen molar-refractivity contribution in [3.8, 4) is 0 Å². The predicted molar refractivity (Wildman–Crippen MR) is 82.0 cm³/mol. The second kappa shape index (κ2) is 6.99. The Labute approximate surface area is 124 Å². The van der Waals surface area contributed by atoms with E-state index in [4.69, 9.17) is 5.11 Å². The summed E-state index contributed by atoms with van der Waals surface area (Å²) in [4.78, 5) is 15.1. The number of hydrogen-bond acceptors (Lipinski definition) is 3. The van der Waals surface area contributed by atoms with E-state index in [1.165, 1.54) is 11.1 Å². The van der Waals surface area contributed by atoms with Gasteiger partial charge in [0.25, 0.3) is 0 Å². The standard InChI is InChI=1S/C17H20N2O2/c1-12-7-8-18-10-16(12)11-19-9-14-3-5-15(6-4-14)13(2)17(20)21/h3-8,10,13,19H,9,11H2,1-2H3,(H,20,21). The molecule has 0 spiro atoms. The molecule has 0 fully saturated rings. The van der Waals surface area contributed by atoms with Crippen LogP contribution in [0, 0.1) is 6.92 Å². The smallest absolute Gasteiger partial charge is 0.310 e. The molecule has 2 rings (SSSR count). The van der Waals surface area contributed by atoms with Crippen LogP contribution < -0.4 is 5.32 Å². The maximum atomic E-state index is 10.9. The summed E-state index contributed by atoms with van der Waals surface area (Å²) >= 11 is 0. The van der Waals surface area contributed by atoms with Crippen LogP contribution in [0.5, 0.6) is 0 Å². The maximum Gasteiger partial charge on any atom is 0.310 e. The number of carbonyl (C=O) groups is 1. The molecule has 1 unspecified atom stereocenters. The number of aromatic nitrogens is 1. The number of carboxylic acids is 1. The molecule has 1 aromatic heterocycles. The highest BCUT2D eigenvalue weighted by atomic mass is 16.4. The number of rotatable bonds is 6. The van der Waals surface area contributed by atoms with Gasteiger partial charge in [-0.1, -0.05) is 24.3 Å². The van der Waals surface area contributed by atoms with Gasteiger partial charge < -0.3 is 10.4 Å². The van der Waals surface area contributed by atoms with Crippen LogP contribution in [0.4, 0.5) is 0 Å². The Morgan fingerprint density at radius 2 is 1.95 bits per heavy atom. The van der Waals surface area contributed by atoms with Gasteiger partial charge in [-0.05, 0) is 42.2 Å². The van der Waals surface area contributed by atoms with Crippen molar-refractivity contribution in [2.45, 2.75) is 32.9 Å². The Morgan fingerprint density at radius 3 is 2.57 bits per heavy atom. The minimum absolute atomic E-state index is 0.468. The Kier molecular flexibility index (Phi) is 5.06. The SMILES string of the molecule is Cc1ccncc1CNCc1ccc(C(C)C(=O)O)cc1. The van der Waals surface area contributed by atoms with Gasteiger partial charge in [-0.2, -0.15) is 0 Å². The maximum absolute atomic E-state index is 10.9. The van der Waals surface area contributed by atoms with E-state index in [0.717, 1.165) is 24.2 Å². The van der Waals surface area contributed by atoms with Crippen LogP contribution in [-0.2, 0) is 17.9 Å². The van der Waals surface area contributed by atoms with Crippen LogP contribution in [0.2, 0.25) is 0 Å². The quantitative estimate of drug-likeness (QED) is 0.856. The lowest BCUT2D eigenvalue weighted by atomic mass is 10.00. The monoisotopic (exact) mass is 284 g/mol. The zero-order chi connectivity index (χ0) is 15.2. The summed E-state index contributed by atoms with van der Waals surface area (Å²) in [5.41, 5.74) is 4.38. The van der Waals surface area contributed by atoms with Crippen LogP contribution in [0.25, 0.3) is 0 Å². The number of aliphatic carboxylic acids is 1. The van der Waals surface area contributed by atoms with Crippen LogP contribution in [-0.4, -0.2) is 16.1 Å². The van der Waals surface area contributed by atoms with E-state index in [9.17, 15) is 4.79 Å². The lowest BCUT2D eigenvalue weighted by molar-refractivity contribution is -0.138. The van der Waals surface area contributed by atoms with Crippen LogP contribution in [0.15, 0.2) is 42.7 Å². The van der Waals surface area contributed by atoms with E-state index in [-0.39, 0.29) is 0 Å². The summed E-state index contributed by atoms with van der Waals surface area (Å²) in [6.07, 6.45) is 3.67. The molecule has 1 heterocycles. The van der Waals surface area contributed by atoms with Crippen molar-refractivity contribution >= 4 is 5.97 Å². The number of nitrogens with one attached hydrogen (secondary N) is 1. The van der Waals surface area contributed by atoms with Crippen LogP contribution >= 0.6 is 0 Å². The highest BCUT2D eigenvalue weighted by Crippen LogP contribution is 2.16. The third-order valence-corrected chi connectivity index (χ3v) is 3.64. The normalized spacial score (nSPS) is 12.1. The van der Waals surface area contributed by atoms with E-state index < -0.39 is 11.9 Å². The minimum atomic E-state index is -0.798. The largest absolute Gasteiger partial charge is 0.481 e. The molecule has 0 bridgehead atoms. The number of aryl methyl sites for hydroxylation is 1. The van der Waals surface area contributed by atoms with Gasteiger partial charge in [-0.15, -0.1) is 0 Å². The van der Waals surface area contributed by atoms with Crippen molar-refractivity contribution in [1.29, 1.82) is 0 Å². The molecule has 0 saturated heterocycles. The zero-order valence-electron chi connectivity index (χ0n) is 12.3. The summed E-state index contributed by atoms with van der Waals surface area (Å²) in [6.45, 7) is 5.28. The van der Waals surface area contributed by atoms with Gasteiger partial charge in [0.05, 0.1) is 5.92 Å². The molecular weight excluding hydrogens is 264 g/mol. The molecule has 0 aliphatic carbocycles. The third-order valence-electron chi connectivity index (χ3n) is 3.64. The Bertz CT molecular complexity index is 608. The van der Waals surface area contributed by atoms with Crippen LogP contribution in [0.1, 0.15) is 35.1 Å². The van der Waals surface area contributed by atoms with Gasteiger partial charge in [0.1, 0.15) is 0 Å². The molecule has 0 aliphatic heterocycles. The van der Waals surface area contributed by atoms with E-state index in [1.54, 1.807) is 13.1 Å². The van der Waals surface area contributed by atoms with Crippen LogP contribution in [0.3, 0.4) is 0 Å². The minimum Gasteiger partial charge on any atom is -0.481 e. The first-order valence-corrected chi connectivity index (χ1v) is 7.00. The fourth-order valence-electron chi connectivity index (χ4n) is 2.09. The number of nitrogens with zero attached hydrogens (tertiary/aromatic N) is 1. The average molecular weight is 284 g/mol. The first-order valence-electron chi connectivity index (χ1n) is 7.00. The molecule has 0 radical (unpaired) electrons. The first kappa shape index (κ1) is 15.2. The van der Waals surface area contributed by atoms with E-state index in [0.29, 0.717) is 0 Å². The summed E-state index contributed by atoms with van der Waals surface area (Å²) in [5.74, 6) is -1.27. The molecule has 4 heteroatoms. The Balaban J connectivity index is 1.90. The van der Waals surface area contributed by atoms with Gasteiger partial charge in [-0.3, -0.25) is 9.78 Å². The Morgan fingerprint density at radius 1 is 1.24 bits per heavy atom. The molecule has 4 nitrogen and oxygen atoms in total. The molecule has 1 atom stereocenters. The topological polar surface area (TPSA) is 62.2 Å². The number of benzene rings is 1. The molecule has 2 aromatic rings. The average Bonchev–Trinajstić information content (AvgIpc) is 2.49. The third kappa shape index (κ3) is 4.13. The molecule has 0 saturated carbocycles. The molecule has 2 N–H and O–H groups in total. The number of carboxylic acid groups (broad SMARTS) is 1. The van der Waals surface area contributed by atoms with Crippen molar-refractivity contribution in [3.05, 3.63) is 65.0 Å². The van der Waals surface area contributed by atoms with Gasteiger partial charge >= 0.3 is 5.97 Å². The highest BCUT2D eigenvalue weighted by molar-refractivity contribution is 5.75. The summed E-state index contributed by atoms with van der Waals surface area (Å²) in [5, 5.41) is 12.4. The van der Waals surface area contributed by atoms with E-state index in [1.807, 2.05) is 36.5 Å². The second-order valence-corrected chi connectivity index (χ2v) is 5.21. The lowest BCUT2D eigenvalue weighted by Gasteiger charge is -2.09. The molecule has 1 aromatic carbocycles. The van der Waals surface area contributed by atoms with Gasteiger partial charge in [0.2, 0.25) is 0 Å². The summed E-state index contributed by atoms with van der Waals surface area (Å²) in [7, 11) is 0. The number of pyridine rings is 1. The molecule has 0 aliphatic rings. The van der Waals surface area contributed by atoms with Crippen molar-refractivity contribution in [2.24, 2.45) is 0 Å².